The predicted octanol–water partition coefficient (Wildman–Crippen LogP) is 5.41. The third kappa shape index (κ3) is 5.42. The molecule has 6 nitrogen and oxygen atoms in total. The maximum atomic E-state index is 12.4. The molecule has 0 atom stereocenters. The average Bonchev–Trinajstić information content (AvgIpc) is 2.85. The zero-order chi connectivity index (χ0) is 23.9. The summed E-state index contributed by atoms with van der Waals surface area (Å²) in [6.07, 6.45) is 1.70. The van der Waals surface area contributed by atoms with E-state index in [9.17, 15) is 9.59 Å². The van der Waals surface area contributed by atoms with E-state index in [-0.39, 0.29) is 23.6 Å². The Labute approximate surface area is 201 Å². The number of hydrogen-bond donors (Lipinski definition) is 1. The highest BCUT2D eigenvalue weighted by atomic mass is 35.5. The van der Waals surface area contributed by atoms with E-state index in [0.717, 1.165) is 16.3 Å². The predicted molar refractivity (Wildman–Crippen MR) is 133 cm³/mol. The summed E-state index contributed by atoms with van der Waals surface area (Å²) in [7, 11) is 1.47. The van der Waals surface area contributed by atoms with Crippen LogP contribution in [0.1, 0.15) is 21.5 Å². The number of hydrogen-bond acceptors (Lipinski definition) is 5. The van der Waals surface area contributed by atoms with Crippen LogP contribution in [0.3, 0.4) is 0 Å². The van der Waals surface area contributed by atoms with Crippen LogP contribution in [0.15, 0.2) is 90.0 Å². The minimum absolute atomic E-state index is 0.207. The van der Waals surface area contributed by atoms with Crippen molar-refractivity contribution < 1.29 is 19.1 Å². The highest BCUT2D eigenvalue weighted by molar-refractivity contribution is 6.33. The first-order chi connectivity index (χ1) is 16.5. The standard InChI is InChI=1S/C27H21ClN2O4/c1-33-25-15-18(13-14-24(25)34-27(32)22-11-4-5-12-23(22)28)17-29-30-26(31)16-20-9-6-8-19-7-2-3-10-21(19)20/h2-15,17H,16H2,1H3,(H,30,31). The Morgan fingerprint density at radius 3 is 2.53 bits per heavy atom. The fraction of sp³-hybridized carbons (Fsp3) is 0.0741. The molecular weight excluding hydrogens is 452 g/mol. The van der Waals surface area contributed by atoms with Crippen LogP contribution < -0.4 is 14.9 Å². The van der Waals surface area contributed by atoms with Crippen molar-refractivity contribution >= 4 is 40.5 Å². The van der Waals surface area contributed by atoms with Gasteiger partial charge < -0.3 is 9.47 Å². The second-order valence-electron chi connectivity index (χ2n) is 7.39. The first-order valence-corrected chi connectivity index (χ1v) is 10.9. The summed E-state index contributed by atoms with van der Waals surface area (Å²) in [4.78, 5) is 24.8. The molecule has 0 aliphatic heterocycles. The third-order valence-corrected chi connectivity index (χ3v) is 5.45. The highest BCUT2D eigenvalue weighted by Gasteiger charge is 2.15. The third-order valence-electron chi connectivity index (χ3n) is 5.12. The molecule has 4 aromatic rings. The van der Waals surface area contributed by atoms with E-state index < -0.39 is 5.97 Å². The molecular formula is C27H21ClN2O4. The molecule has 0 heterocycles. The maximum absolute atomic E-state index is 12.4. The lowest BCUT2D eigenvalue weighted by molar-refractivity contribution is -0.120. The van der Waals surface area contributed by atoms with Gasteiger partial charge in [-0.1, -0.05) is 66.2 Å². The summed E-state index contributed by atoms with van der Waals surface area (Å²) in [5.41, 5.74) is 4.38. The quantitative estimate of drug-likeness (QED) is 0.169. The molecule has 0 saturated heterocycles. The number of ether oxygens (including phenoxy) is 2. The summed E-state index contributed by atoms with van der Waals surface area (Å²) in [6.45, 7) is 0. The van der Waals surface area contributed by atoms with Crippen LogP contribution in [-0.2, 0) is 11.2 Å². The molecule has 170 valence electrons. The van der Waals surface area contributed by atoms with Crippen molar-refractivity contribution in [3.05, 3.63) is 107 Å². The number of esters is 1. The number of rotatable bonds is 7. The van der Waals surface area contributed by atoms with Gasteiger partial charge in [-0.25, -0.2) is 10.2 Å². The Bertz CT molecular complexity index is 1380. The molecule has 4 aromatic carbocycles. The Hall–Kier alpha value is -4.16. The maximum Gasteiger partial charge on any atom is 0.345 e. The van der Waals surface area contributed by atoms with Crippen LogP contribution in [0, 0.1) is 0 Å². The van der Waals surface area contributed by atoms with Gasteiger partial charge in [0.05, 0.1) is 30.3 Å². The summed E-state index contributed by atoms with van der Waals surface area (Å²) >= 11 is 6.06. The number of methoxy groups -OCH3 is 1. The van der Waals surface area contributed by atoms with Gasteiger partial charge in [0.1, 0.15) is 0 Å². The van der Waals surface area contributed by atoms with E-state index in [4.69, 9.17) is 21.1 Å². The van der Waals surface area contributed by atoms with Crippen molar-refractivity contribution in [1.82, 2.24) is 5.43 Å². The number of benzene rings is 4. The van der Waals surface area contributed by atoms with Crippen molar-refractivity contribution in [1.29, 1.82) is 0 Å². The van der Waals surface area contributed by atoms with E-state index in [0.29, 0.717) is 16.3 Å². The minimum atomic E-state index is -0.592. The van der Waals surface area contributed by atoms with Crippen molar-refractivity contribution in [2.75, 3.05) is 7.11 Å². The lowest BCUT2D eigenvalue weighted by atomic mass is 10.0. The largest absolute Gasteiger partial charge is 0.493 e. The number of nitrogens with zero attached hydrogens (tertiary/aromatic N) is 1. The van der Waals surface area contributed by atoms with E-state index >= 15 is 0 Å². The molecule has 0 unspecified atom stereocenters. The van der Waals surface area contributed by atoms with E-state index in [1.165, 1.54) is 13.3 Å². The van der Waals surface area contributed by atoms with Crippen LogP contribution >= 0.6 is 11.6 Å². The highest BCUT2D eigenvalue weighted by Crippen LogP contribution is 2.29. The lowest BCUT2D eigenvalue weighted by Crippen LogP contribution is -2.19. The lowest BCUT2D eigenvalue weighted by Gasteiger charge is -2.10. The molecule has 0 bridgehead atoms. The molecule has 4 rings (SSSR count). The number of nitrogens with one attached hydrogen (secondary N) is 1. The first-order valence-electron chi connectivity index (χ1n) is 10.5. The Morgan fingerprint density at radius 2 is 1.71 bits per heavy atom. The fourth-order valence-corrected chi connectivity index (χ4v) is 3.68. The second kappa shape index (κ2) is 10.6. The minimum Gasteiger partial charge on any atom is -0.493 e. The molecule has 0 aliphatic carbocycles. The smallest absolute Gasteiger partial charge is 0.345 e. The van der Waals surface area contributed by atoms with Crippen molar-refractivity contribution in [3.8, 4) is 11.5 Å². The number of halogens is 1. The summed E-state index contributed by atoms with van der Waals surface area (Å²) in [5, 5.41) is 6.46. The van der Waals surface area contributed by atoms with E-state index in [2.05, 4.69) is 10.5 Å². The van der Waals surface area contributed by atoms with Gasteiger partial charge in [-0.2, -0.15) is 5.10 Å². The van der Waals surface area contributed by atoms with Crippen LogP contribution in [0.4, 0.5) is 0 Å². The Kier molecular flexibility index (Phi) is 7.20. The van der Waals surface area contributed by atoms with Gasteiger partial charge in [0, 0.05) is 0 Å². The van der Waals surface area contributed by atoms with Gasteiger partial charge >= 0.3 is 5.97 Å². The van der Waals surface area contributed by atoms with Crippen LogP contribution in [0.5, 0.6) is 11.5 Å². The van der Waals surface area contributed by atoms with Crippen LogP contribution in [0.25, 0.3) is 10.8 Å². The molecule has 1 N–H and O–H groups in total. The fourth-order valence-electron chi connectivity index (χ4n) is 3.47. The van der Waals surface area contributed by atoms with Crippen LogP contribution in [0.2, 0.25) is 5.02 Å². The molecule has 0 spiro atoms. The van der Waals surface area contributed by atoms with Gasteiger partial charge in [0.25, 0.3) is 0 Å². The molecule has 0 saturated carbocycles. The van der Waals surface area contributed by atoms with Gasteiger partial charge in [-0.15, -0.1) is 0 Å². The van der Waals surface area contributed by atoms with Gasteiger partial charge in [-0.05, 0) is 52.2 Å². The van der Waals surface area contributed by atoms with Gasteiger partial charge in [0.2, 0.25) is 5.91 Å². The number of carbonyl (C=O) groups excluding carboxylic acids is 2. The average molecular weight is 473 g/mol. The van der Waals surface area contributed by atoms with E-state index in [1.54, 1.807) is 42.5 Å². The van der Waals surface area contributed by atoms with E-state index in [1.807, 2.05) is 42.5 Å². The molecule has 34 heavy (non-hydrogen) atoms. The zero-order valence-electron chi connectivity index (χ0n) is 18.3. The summed E-state index contributed by atoms with van der Waals surface area (Å²) < 4.78 is 10.8. The molecule has 0 radical (unpaired) electrons. The molecule has 0 fully saturated rings. The Balaban J connectivity index is 1.40. The first kappa shape index (κ1) is 23.0. The molecule has 1 amide bonds. The molecule has 0 aliphatic rings. The SMILES string of the molecule is COc1cc(C=NNC(=O)Cc2cccc3ccccc23)ccc1OC(=O)c1ccccc1Cl. The van der Waals surface area contributed by atoms with Crippen LogP contribution in [-0.4, -0.2) is 25.2 Å². The number of carbonyl (C=O) groups is 2. The topological polar surface area (TPSA) is 77.0 Å². The summed E-state index contributed by atoms with van der Waals surface area (Å²) in [6, 6.07) is 25.4. The van der Waals surface area contributed by atoms with Gasteiger partial charge in [-0.3, -0.25) is 4.79 Å². The summed E-state index contributed by atoms with van der Waals surface area (Å²) in [5.74, 6) is -0.244. The van der Waals surface area contributed by atoms with Crippen molar-refractivity contribution in [3.63, 3.8) is 0 Å². The van der Waals surface area contributed by atoms with Gasteiger partial charge in [0.15, 0.2) is 11.5 Å². The molecule has 0 aromatic heterocycles. The zero-order valence-corrected chi connectivity index (χ0v) is 19.1. The number of fused-ring (bicyclic) bond motifs is 1. The molecule has 7 heteroatoms. The number of hydrazone groups is 1. The number of amides is 1. The normalized spacial score (nSPS) is 10.9. The second-order valence-corrected chi connectivity index (χ2v) is 7.80. The van der Waals surface area contributed by atoms with Crippen molar-refractivity contribution in [2.45, 2.75) is 6.42 Å². The van der Waals surface area contributed by atoms with Crippen molar-refractivity contribution in [2.24, 2.45) is 5.10 Å². The Morgan fingerprint density at radius 1 is 0.941 bits per heavy atom. The monoisotopic (exact) mass is 472 g/mol.